The minimum Gasteiger partial charge on any atom is -0.497 e. The number of anilines is 2. The van der Waals surface area contributed by atoms with Crippen molar-refractivity contribution in [2.75, 3.05) is 30.5 Å². The average Bonchev–Trinajstić information content (AvgIpc) is 3.17. The molecule has 0 radical (unpaired) electrons. The molecule has 2 aromatic carbocycles. The molecule has 0 spiro atoms. The van der Waals surface area contributed by atoms with Crippen molar-refractivity contribution in [1.82, 2.24) is 0 Å². The summed E-state index contributed by atoms with van der Waals surface area (Å²) in [5.74, 6) is -0.278. The van der Waals surface area contributed by atoms with Crippen molar-refractivity contribution in [1.29, 1.82) is 0 Å². The van der Waals surface area contributed by atoms with Crippen molar-refractivity contribution in [3.05, 3.63) is 60.2 Å². The summed E-state index contributed by atoms with van der Waals surface area (Å²) < 4.78 is 10.1. The van der Waals surface area contributed by atoms with Crippen molar-refractivity contribution >= 4 is 35.2 Å². The molecule has 150 valence electrons. The Balaban J connectivity index is 1.46. The quantitative estimate of drug-likeness (QED) is 0.576. The second-order valence-corrected chi connectivity index (χ2v) is 6.46. The largest absolute Gasteiger partial charge is 0.497 e. The number of amides is 2. The van der Waals surface area contributed by atoms with Gasteiger partial charge in [-0.25, -0.2) is 4.79 Å². The van der Waals surface area contributed by atoms with Crippen LogP contribution in [0.1, 0.15) is 18.4 Å². The zero-order valence-corrected chi connectivity index (χ0v) is 16.1. The summed E-state index contributed by atoms with van der Waals surface area (Å²) in [5, 5.41) is 2.65. The Labute approximate surface area is 168 Å². The van der Waals surface area contributed by atoms with Gasteiger partial charge < -0.3 is 19.7 Å². The van der Waals surface area contributed by atoms with Gasteiger partial charge in [-0.3, -0.25) is 9.59 Å². The van der Waals surface area contributed by atoms with Crippen LogP contribution in [0.25, 0.3) is 6.08 Å². The Morgan fingerprint density at radius 1 is 1.17 bits per heavy atom. The lowest BCUT2D eigenvalue weighted by Gasteiger charge is -2.16. The fourth-order valence-electron chi connectivity index (χ4n) is 2.94. The van der Waals surface area contributed by atoms with E-state index in [0.29, 0.717) is 24.4 Å². The van der Waals surface area contributed by atoms with Gasteiger partial charge in [0.2, 0.25) is 5.91 Å². The van der Waals surface area contributed by atoms with Gasteiger partial charge in [-0.15, -0.1) is 0 Å². The van der Waals surface area contributed by atoms with Crippen LogP contribution in [0.15, 0.2) is 54.6 Å². The maximum Gasteiger partial charge on any atom is 0.331 e. The topological polar surface area (TPSA) is 84.9 Å². The molecule has 2 amide bonds. The van der Waals surface area contributed by atoms with E-state index in [1.54, 1.807) is 54.5 Å². The molecule has 1 aliphatic heterocycles. The van der Waals surface area contributed by atoms with Crippen molar-refractivity contribution in [3.8, 4) is 5.75 Å². The summed E-state index contributed by atoms with van der Waals surface area (Å²) in [5.41, 5.74) is 2.15. The first-order valence-electron chi connectivity index (χ1n) is 9.24. The Kier molecular flexibility index (Phi) is 6.63. The Morgan fingerprint density at radius 2 is 1.97 bits per heavy atom. The highest BCUT2D eigenvalue weighted by molar-refractivity contribution is 5.97. The molecule has 1 saturated heterocycles. The number of nitrogens with one attached hydrogen (secondary N) is 1. The lowest BCUT2D eigenvalue weighted by molar-refractivity contribution is -0.142. The number of carbonyl (C=O) groups excluding carboxylic acids is 3. The van der Waals surface area contributed by atoms with Crippen molar-refractivity contribution in [2.45, 2.75) is 12.8 Å². The van der Waals surface area contributed by atoms with Crippen molar-refractivity contribution < 1.29 is 23.9 Å². The van der Waals surface area contributed by atoms with E-state index in [4.69, 9.17) is 9.47 Å². The molecule has 7 heteroatoms. The zero-order chi connectivity index (χ0) is 20.6. The second kappa shape index (κ2) is 9.54. The first-order chi connectivity index (χ1) is 14.0. The maximum absolute atomic E-state index is 12.0. The maximum atomic E-state index is 12.0. The Morgan fingerprint density at radius 3 is 2.66 bits per heavy atom. The van der Waals surface area contributed by atoms with Crippen LogP contribution in [-0.4, -0.2) is 38.0 Å². The molecule has 0 unspecified atom stereocenters. The van der Waals surface area contributed by atoms with Crippen LogP contribution in [0.4, 0.5) is 11.4 Å². The van der Waals surface area contributed by atoms with Crippen LogP contribution in [0.3, 0.4) is 0 Å². The normalized spacial score (nSPS) is 13.6. The molecule has 0 saturated carbocycles. The lowest BCUT2D eigenvalue weighted by Crippen LogP contribution is -2.23. The monoisotopic (exact) mass is 394 g/mol. The van der Waals surface area contributed by atoms with Crippen LogP contribution in [0.2, 0.25) is 0 Å². The van der Waals surface area contributed by atoms with Gasteiger partial charge in [0, 0.05) is 30.4 Å². The molecule has 7 nitrogen and oxygen atoms in total. The molecule has 1 aliphatic rings. The van der Waals surface area contributed by atoms with Gasteiger partial charge in [-0.1, -0.05) is 12.1 Å². The fourth-order valence-corrected chi connectivity index (χ4v) is 2.94. The SMILES string of the molecule is COc1cccc(/C=C/C(=O)OCC(=O)Nc2ccc(N3CCCC3=O)cc2)c1. The molecular weight excluding hydrogens is 372 g/mol. The highest BCUT2D eigenvalue weighted by atomic mass is 16.5. The molecular formula is C22H22N2O5. The van der Waals surface area contributed by atoms with Crippen LogP contribution < -0.4 is 15.0 Å². The zero-order valence-electron chi connectivity index (χ0n) is 16.1. The third-order valence-corrected chi connectivity index (χ3v) is 4.39. The van der Waals surface area contributed by atoms with Crippen molar-refractivity contribution in [2.24, 2.45) is 0 Å². The molecule has 0 atom stereocenters. The molecule has 3 rings (SSSR count). The standard InChI is InChI=1S/C22H22N2O5/c1-28-19-5-2-4-16(14-19)7-12-22(27)29-15-20(25)23-17-8-10-18(11-9-17)24-13-3-6-21(24)26/h2,4-5,7-12,14H,3,6,13,15H2,1H3,(H,23,25)/b12-7+. The predicted molar refractivity (Wildman–Crippen MR) is 110 cm³/mol. The summed E-state index contributed by atoms with van der Waals surface area (Å²) >= 11 is 0. The Hall–Kier alpha value is -3.61. The van der Waals surface area contributed by atoms with Crippen LogP contribution in [-0.2, 0) is 19.1 Å². The lowest BCUT2D eigenvalue weighted by atomic mass is 10.2. The number of hydrogen-bond donors (Lipinski definition) is 1. The van der Waals surface area contributed by atoms with E-state index in [9.17, 15) is 14.4 Å². The summed E-state index contributed by atoms with van der Waals surface area (Å²) in [7, 11) is 1.56. The first-order valence-corrected chi connectivity index (χ1v) is 9.24. The smallest absolute Gasteiger partial charge is 0.331 e. The fraction of sp³-hybridized carbons (Fsp3) is 0.227. The number of methoxy groups -OCH3 is 1. The van der Waals surface area contributed by atoms with E-state index in [0.717, 1.165) is 17.7 Å². The first kappa shape index (κ1) is 20.1. The molecule has 0 aromatic heterocycles. The van der Waals surface area contributed by atoms with E-state index < -0.39 is 18.5 Å². The predicted octanol–water partition coefficient (Wildman–Crippen LogP) is 3.02. The van der Waals surface area contributed by atoms with Gasteiger partial charge in [0.25, 0.3) is 5.91 Å². The third kappa shape index (κ3) is 5.68. The number of carbonyl (C=O) groups is 3. The molecule has 0 aliphatic carbocycles. The van der Waals surface area contributed by atoms with Crippen molar-refractivity contribution in [3.63, 3.8) is 0 Å². The minimum atomic E-state index is -0.620. The number of rotatable bonds is 7. The average molecular weight is 394 g/mol. The molecule has 1 fully saturated rings. The number of benzene rings is 2. The highest BCUT2D eigenvalue weighted by Crippen LogP contribution is 2.23. The summed E-state index contributed by atoms with van der Waals surface area (Å²) in [6, 6.07) is 14.2. The summed E-state index contributed by atoms with van der Waals surface area (Å²) in [6.07, 6.45) is 4.26. The number of esters is 1. The highest BCUT2D eigenvalue weighted by Gasteiger charge is 2.21. The van der Waals surface area contributed by atoms with E-state index in [-0.39, 0.29) is 5.91 Å². The second-order valence-electron chi connectivity index (χ2n) is 6.46. The van der Waals surface area contributed by atoms with Gasteiger partial charge in [-0.05, 0) is 54.5 Å². The van der Waals surface area contributed by atoms with Crippen LogP contribution in [0.5, 0.6) is 5.75 Å². The summed E-state index contributed by atoms with van der Waals surface area (Å²) in [4.78, 5) is 37.2. The van der Waals surface area contributed by atoms with Gasteiger partial charge in [0.1, 0.15) is 5.75 Å². The minimum absolute atomic E-state index is 0.107. The molecule has 1 N–H and O–H groups in total. The van der Waals surface area contributed by atoms with E-state index in [1.807, 2.05) is 12.1 Å². The molecule has 2 aromatic rings. The molecule has 0 bridgehead atoms. The van der Waals surface area contributed by atoms with E-state index in [2.05, 4.69) is 5.32 Å². The molecule has 29 heavy (non-hydrogen) atoms. The molecule has 1 heterocycles. The third-order valence-electron chi connectivity index (χ3n) is 4.39. The number of hydrogen-bond acceptors (Lipinski definition) is 5. The van der Waals surface area contributed by atoms with Gasteiger partial charge in [0.05, 0.1) is 7.11 Å². The number of ether oxygens (including phenoxy) is 2. The van der Waals surface area contributed by atoms with Gasteiger partial charge in [0.15, 0.2) is 6.61 Å². The van der Waals surface area contributed by atoms with E-state index in [1.165, 1.54) is 6.08 Å². The number of nitrogens with zero attached hydrogens (tertiary/aromatic N) is 1. The van der Waals surface area contributed by atoms with Crippen LogP contribution in [0, 0.1) is 0 Å². The van der Waals surface area contributed by atoms with Gasteiger partial charge in [-0.2, -0.15) is 0 Å². The van der Waals surface area contributed by atoms with Crippen LogP contribution >= 0.6 is 0 Å². The van der Waals surface area contributed by atoms with Gasteiger partial charge >= 0.3 is 5.97 Å². The summed E-state index contributed by atoms with van der Waals surface area (Å²) in [6.45, 7) is 0.317. The van der Waals surface area contributed by atoms with E-state index >= 15 is 0 Å². The Bertz CT molecular complexity index is 921.